The van der Waals surface area contributed by atoms with Crippen LogP contribution in [-0.4, -0.2) is 11.6 Å². The van der Waals surface area contributed by atoms with Crippen molar-refractivity contribution in [1.29, 1.82) is 0 Å². The number of allylic oxidation sites excluding steroid dienone is 2. The molecule has 2 aliphatic rings. The molecule has 2 fully saturated rings. The SMILES string of the molecule is CCC/C=C(C)/N=C(/CCCC(C)C1CCC(F)(F)CC1)c1cc(C2CCCCC2)sc1C. The Balaban J connectivity index is 1.67. The van der Waals surface area contributed by atoms with E-state index in [1.54, 1.807) is 4.88 Å². The second-order valence-electron chi connectivity index (χ2n) is 10.7. The summed E-state index contributed by atoms with van der Waals surface area (Å²) in [4.78, 5) is 8.08. The summed E-state index contributed by atoms with van der Waals surface area (Å²) in [7, 11) is 0. The highest BCUT2D eigenvalue weighted by molar-refractivity contribution is 7.12. The van der Waals surface area contributed by atoms with Crippen LogP contribution in [0.15, 0.2) is 22.8 Å². The maximum Gasteiger partial charge on any atom is 0.248 e. The Morgan fingerprint density at radius 2 is 1.88 bits per heavy atom. The van der Waals surface area contributed by atoms with E-state index in [2.05, 4.69) is 39.8 Å². The zero-order valence-electron chi connectivity index (χ0n) is 21.4. The van der Waals surface area contributed by atoms with Crippen LogP contribution in [0.25, 0.3) is 0 Å². The van der Waals surface area contributed by atoms with Gasteiger partial charge in [-0.1, -0.05) is 52.0 Å². The Morgan fingerprint density at radius 3 is 2.55 bits per heavy atom. The molecule has 1 aromatic rings. The van der Waals surface area contributed by atoms with Crippen LogP contribution in [0.1, 0.15) is 132 Å². The lowest BCUT2D eigenvalue weighted by atomic mass is 9.77. The molecule has 1 aromatic heterocycles. The van der Waals surface area contributed by atoms with E-state index >= 15 is 0 Å². The van der Waals surface area contributed by atoms with E-state index < -0.39 is 5.92 Å². The zero-order chi connectivity index (χ0) is 23.8. The van der Waals surface area contributed by atoms with Gasteiger partial charge in [-0.25, -0.2) is 8.78 Å². The van der Waals surface area contributed by atoms with E-state index in [-0.39, 0.29) is 12.8 Å². The third-order valence-corrected chi connectivity index (χ3v) is 9.15. The van der Waals surface area contributed by atoms with Crippen LogP contribution in [0.3, 0.4) is 0 Å². The van der Waals surface area contributed by atoms with Crippen LogP contribution >= 0.6 is 11.3 Å². The highest BCUT2D eigenvalue weighted by atomic mass is 32.1. The molecule has 0 aromatic carbocycles. The van der Waals surface area contributed by atoms with Crippen molar-refractivity contribution in [2.45, 2.75) is 129 Å². The maximum absolute atomic E-state index is 13.6. The summed E-state index contributed by atoms with van der Waals surface area (Å²) in [6.07, 6.45) is 15.9. The first kappa shape index (κ1) is 26.6. The summed E-state index contributed by atoms with van der Waals surface area (Å²) in [5.41, 5.74) is 3.71. The molecule has 1 heterocycles. The molecular weight excluding hydrogens is 432 g/mol. The molecule has 0 N–H and O–H groups in total. The molecule has 1 unspecified atom stereocenters. The van der Waals surface area contributed by atoms with Crippen molar-refractivity contribution in [3.05, 3.63) is 33.2 Å². The number of hydrogen-bond donors (Lipinski definition) is 0. The highest BCUT2D eigenvalue weighted by Crippen LogP contribution is 2.41. The minimum Gasteiger partial charge on any atom is -0.258 e. The highest BCUT2D eigenvalue weighted by Gasteiger charge is 2.36. The second-order valence-corrected chi connectivity index (χ2v) is 12.0. The van der Waals surface area contributed by atoms with Crippen LogP contribution in [0.2, 0.25) is 0 Å². The molecule has 0 saturated heterocycles. The Bertz CT molecular complexity index is 791. The fourth-order valence-corrected chi connectivity index (χ4v) is 6.92. The van der Waals surface area contributed by atoms with Crippen LogP contribution in [-0.2, 0) is 0 Å². The molecule has 2 saturated carbocycles. The smallest absolute Gasteiger partial charge is 0.248 e. The Kier molecular flexibility index (Phi) is 10.2. The van der Waals surface area contributed by atoms with Gasteiger partial charge in [0.2, 0.25) is 5.92 Å². The summed E-state index contributed by atoms with van der Waals surface area (Å²) >= 11 is 1.99. The number of aryl methyl sites for hydroxylation is 1. The topological polar surface area (TPSA) is 12.4 Å². The first-order valence-electron chi connectivity index (χ1n) is 13.5. The van der Waals surface area contributed by atoms with Crippen molar-refractivity contribution in [3.63, 3.8) is 0 Å². The lowest BCUT2D eigenvalue weighted by Crippen LogP contribution is -2.27. The predicted molar refractivity (Wildman–Crippen MR) is 140 cm³/mol. The number of nitrogens with zero attached hydrogens (tertiary/aromatic N) is 1. The monoisotopic (exact) mass is 477 g/mol. The zero-order valence-corrected chi connectivity index (χ0v) is 22.2. The molecule has 1 atom stereocenters. The van der Waals surface area contributed by atoms with Gasteiger partial charge in [-0.2, -0.15) is 0 Å². The Hall–Kier alpha value is -1.03. The van der Waals surface area contributed by atoms with Gasteiger partial charge in [-0.15, -0.1) is 11.3 Å². The largest absolute Gasteiger partial charge is 0.258 e. The van der Waals surface area contributed by atoms with E-state index in [0.29, 0.717) is 24.7 Å². The van der Waals surface area contributed by atoms with Gasteiger partial charge in [0.1, 0.15) is 0 Å². The lowest BCUT2D eigenvalue weighted by Gasteiger charge is -2.32. The number of aliphatic imine (C=N–C) groups is 1. The number of rotatable bonds is 10. The van der Waals surface area contributed by atoms with Crippen LogP contribution in [0, 0.1) is 18.8 Å². The summed E-state index contributed by atoms with van der Waals surface area (Å²) < 4.78 is 27.1. The standard InChI is InChI=1S/C29H45F2NS/c1-5-6-12-22(3)32-27(15-10-11-21(2)24-16-18-29(30,31)19-17-24)26-20-28(33-23(26)4)25-13-8-7-9-14-25/h12,20-21,24-25H,5-11,13-19H2,1-4H3/b22-12+,32-27-. The lowest BCUT2D eigenvalue weighted by molar-refractivity contribution is -0.0517. The number of alkyl halides is 2. The van der Waals surface area contributed by atoms with Crippen molar-refractivity contribution in [3.8, 4) is 0 Å². The minimum atomic E-state index is -2.43. The molecule has 4 heteroatoms. The summed E-state index contributed by atoms with van der Waals surface area (Å²) in [5.74, 6) is -0.721. The third-order valence-electron chi connectivity index (χ3n) is 7.93. The number of thiophene rings is 1. The van der Waals surface area contributed by atoms with Crippen LogP contribution in [0.4, 0.5) is 8.78 Å². The minimum absolute atomic E-state index is 0.0776. The van der Waals surface area contributed by atoms with Crippen LogP contribution in [0.5, 0.6) is 0 Å². The van der Waals surface area contributed by atoms with E-state index in [0.717, 1.165) is 43.7 Å². The van der Waals surface area contributed by atoms with Gasteiger partial charge in [0.25, 0.3) is 0 Å². The first-order chi connectivity index (χ1) is 15.8. The maximum atomic E-state index is 13.6. The van der Waals surface area contributed by atoms with Gasteiger partial charge >= 0.3 is 0 Å². The quantitative estimate of drug-likeness (QED) is 0.297. The van der Waals surface area contributed by atoms with E-state index in [1.807, 2.05) is 11.3 Å². The average Bonchev–Trinajstić information content (AvgIpc) is 3.19. The third kappa shape index (κ3) is 8.01. The van der Waals surface area contributed by atoms with Gasteiger partial charge in [0.05, 0.1) is 0 Å². The fraction of sp³-hybridized carbons (Fsp3) is 0.759. The normalized spacial score (nSPS) is 22.0. The van der Waals surface area contributed by atoms with Gasteiger partial charge in [0.15, 0.2) is 0 Å². The Labute approximate surface area is 205 Å². The van der Waals surface area contributed by atoms with Gasteiger partial charge in [-0.3, -0.25) is 4.99 Å². The molecule has 33 heavy (non-hydrogen) atoms. The van der Waals surface area contributed by atoms with Crippen molar-refractivity contribution >= 4 is 17.0 Å². The summed E-state index contributed by atoms with van der Waals surface area (Å²) in [5, 5.41) is 0. The molecule has 0 spiro atoms. The first-order valence-corrected chi connectivity index (χ1v) is 14.3. The van der Waals surface area contributed by atoms with Gasteiger partial charge in [0, 0.05) is 39.6 Å². The van der Waals surface area contributed by atoms with Crippen molar-refractivity contribution in [2.75, 3.05) is 0 Å². The van der Waals surface area contributed by atoms with E-state index in [1.165, 1.54) is 48.3 Å². The van der Waals surface area contributed by atoms with Crippen molar-refractivity contribution in [2.24, 2.45) is 16.8 Å². The average molecular weight is 478 g/mol. The molecule has 0 radical (unpaired) electrons. The van der Waals surface area contributed by atoms with Gasteiger partial charge in [-0.05, 0) is 82.6 Å². The Morgan fingerprint density at radius 1 is 1.18 bits per heavy atom. The molecular formula is C29H45F2NS. The molecule has 2 aliphatic carbocycles. The van der Waals surface area contributed by atoms with Crippen molar-refractivity contribution < 1.29 is 8.78 Å². The van der Waals surface area contributed by atoms with E-state index in [4.69, 9.17) is 4.99 Å². The van der Waals surface area contributed by atoms with E-state index in [9.17, 15) is 8.78 Å². The van der Waals surface area contributed by atoms with Crippen molar-refractivity contribution in [1.82, 2.24) is 0 Å². The molecule has 0 bridgehead atoms. The molecule has 1 nitrogen and oxygen atoms in total. The molecule has 186 valence electrons. The predicted octanol–water partition coefficient (Wildman–Crippen LogP) is 10.2. The molecule has 3 rings (SSSR count). The number of unbranched alkanes of at least 4 members (excludes halogenated alkanes) is 1. The van der Waals surface area contributed by atoms with Gasteiger partial charge < -0.3 is 0 Å². The molecule has 0 amide bonds. The second kappa shape index (κ2) is 12.6. The number of hydrogen-bond acceptors (Lipinski definition) is 2. The molecule has 0 aliphatic heterocycles. The summed E-state index contributed by atoms with van der Waals surface area (Å²) in [6.45, 7) is 8.87. The van der Waals surface area contributed by atoms with Crippen LogP contribution < -0.4 is 0 Å². The fourth-order valence-electron chi connectivity index (χ4n) is 5.70. The number of halogens is 2. The summed E-state index contributed by atoms with van der Waals surface area (Å²) in [6, 6.07) is 2.45.